The fourth-order valence-electron chi connectivity index (χ4n) is 5.27. The number of phosphoric ester groups is 2. The Balaban J connectivity index is 4.73. The van der Waals surface area contributed by atoms with Gasteiger partial charge in [0.05, 0.1) is 25.9 Å². The molecule has 0 aromatic carbocycles. The molecule has 0 amide bonds. The summed E-state index contributed by atoms with van der Waals surface area (Å²) in [4.78, 5) is 52.7. The largest absolute Gasteiger partial charge is 0.472 e. The van der Waals surface area contributed by atoms with Gasteiger partial charge in [-0.05, 0) is 89.9 Å². The molecule has 0 radical (unpaired) electrons. The van der Waals surface area contributed by atoms with Crippen molar-refractivity contribution < 1.29 is 66.7 Å². The Morgan fingerprint density at radius 3 is 1.66 bits per heavy atom. The number of aliphatic hydroxyl groups excluding tert-OH is 2. The average molecular weight is 941 g/mol. The maximum atomic E-state index is 12.7. The van der Waals surface area contributed by atoms with Crippen LogP contribution in [0.3, 0.4) is 0 Å². The molecule has 14 nitrogen and oxygen atoms in total. The van der Waals surface area contributed by atoms with Gasteiger partial charge in [-0.1, -0.05) is 142 Å². The summed E-state index contributed by atoms with van der Waals surface area (Å²) in [5.74, 6) is -1.19. The third kappa shape index (κ3) is 45.3. The third-order valence-corrected chi connectivity index (χ3v) is 10.2. The highest BCUT2D eigenvalue weighted by Crippen LogP contribution is 2.43. The second kappa shape index (κ2) is 42.4. The van der Waals surface area contributed by atoms with Gasteiger partial charge in [0.25, 0.3) is 0 Å². The lowest BCUT2D eigenvalue weighted by Gasteiger charge is -2.20. The highest BCUT2D eigenvalue weighted by Gasteiger charge is 2.28. The number of phosphoric acid groups is 2. The number of hydrogen-bond donors (Lipinski definition) is 5. The van der Waals surface area contributed by atoms with Gasteiger partial charge in [-0.25, -0.2) is 9.13 Å². The number of esters is 2. The number of hydrogen-bond acceptors (Lipinski definition) is 11. The standard InChI is InChI=1S/C48H78O14P2/c1-3-5-7-9-11-12-13-14-15-16-17-18-19-20-21-22-26-31-35-39-48(52)62-46(43-61-64(56,57)60-41-45(50)40-59-63(53,54)55)42-58-47(51)38-34-30-27-23-25-29-33-37-44(49)36-32-28-24-10-8-6-4-2/h5,7,11-12,14-15,17-18,20-21,23-24,27-29,32-33,36,44-46,49-50H,3-4,6,8-10,13,16,19,22,25-26,30-31,34-35,37-43H2,1-2H3,(H,56,57)(H2,53,54,55)/b7-5-,12-11-,15-14-,18-17-,21-20-,27-23+,28-24-,33-29-,36-32-/t44-,45+,46-/m1/s1. The molecule has 0 heterocycles. The summed E-state index contributed by atoms with van der Waals surface area (Å²) in [5, 5.41) is 19.8. The molecule has 0 rings (SSSR count). The molecule has 4 atom stereocenters. The van der Waals surface area contributed by atoms with E-state index in [1.807, 2.05) is 36.5 Å². The maximum Gasteiger partial charge on any atom is 0.472 e. The van der Waals surface area contributed by atoms with Crippen LogP contribution in [0.15, 0.2) is 109 Å². The SMILES string of the molecule is CC/C=C\C/C=C\C/C=C\C/C=C\C/C=C\CCCCCC(=O)O[C@H](COC(=O)CCC/C=C/C/C=C\C[C@H](O)/C=C\C=C/CCCCC)COP(=O)(O)OC[C@@H](O)COP(=O)(O)O. The minimum Gasteiger partial charge on any atom is -0.462 e. The molecule has 0 aliphatic carbocycles. The summed E-state index contributed by atoms with van der Waals surface area (Å²) >= 11 is 0. The molecule has 64 heavy (non-hydrogen) atoms. The van der Waals surface area contributed by atoms with Crippen LogP contribution in [-0.2, 0) is 41.8 Å². The first kappa shape index (κ1) is 60.7. The van der Waals surface area contributed by atoms with Crippen LogP contribution >= 0.6 is 15.6 Å². The Morgan fingerprint density at radius 2 is 1.05 bits per heavy atom. The van der Waals surface area contributed by atoms with E-state index < -0.39 is 72.3 Å². The van der Waals surface area contributed by atoms with E-state index >= 15 is 0 Å². The predicted molar refractivity (Wildman–Crippen MR) is 254 cm³/mol. The molecule has 0 aliphatic heterocycles. The number of allylic oxidation sites excluding steroid dienone is 16. The average Bonchev–Trinajstić information content (AvgIpc) is 3.25. The van der Waals surface area contributed by atoms with Crippen LogP contribution < -0.4 is 0 Å². The van der Waals surface area contributed by atoms with Crippen molar-refractivity contribution in [3.05, 3.63) is 109 Å². The second-order valence-corrected chi connectivity index (χ2v) is 17.5. The molecule has 0 saturated heterocycles. The van der Waals surface area contributed by atoms with Gasteiger partial charge in [0.15, 0.2) is 6.10 Å². The fraction of sp³-hybridized carbons (Fsp3) is 0.583. The van der Waals surface area contributed by atoms with Gasteiger partial charge >= 0.3 is 27.6 Å². The van der Waals surface area contributed by atoms with Crippen LogP contribution in [0.1, 0.15) is 136 Å². The molecule has 0 bridgehead atoms. The lowest BCUT2D eigenvalue weighted by atomic mass is 10.1. The van der Waals surface area contributed by atoms with Crippen molar-refractivity contribution >= 4 is 27.6 Å². The lowest BCUT2D eigenvalue weighted by molar-refractivity contribution is -0.161. The molecule has 5 N–H and O–H groups in total. The summed E-state index contributed by atoms with van der Waals surface area (Å²) in [6, 6.07) is 0. The number of carbonyl (C=O) groups is 2. The lowest BCUT2D eigenvalue weighted by Crippen LogP contribution is -2.30. The van der Waals surface area contributed by atoms with E-state index in [9.17, 15) is 33.8 Å². The van der Waals surface area contributed by atoms with Crippen LogP contribution in [0.2, 0.25) is 0 Å². The number of ether oxygens (including phenoxy) is 2. The van der Waals surface area contributed by atoms with Crippen molar-refractivity contribution in [2.24, 2.45) is 0 Å². The summed E-state index contributed by atoms with van der Waals surface area (Å²) in [5.41, 5.74) is 0. The minimum absolute atomic E-state index is 0.0607. The van der Waals surface area contributed by atoms with Crippen LogP contribution in [-0.4, -0.2) is 81.6 Å². The molecule has 1 unspecified atom stereocenters. The monoisotopic (exact) mass is 940 g/mol. The Bertz CT molecular complexity index is 1560. The van der Waals surface area contributed by atoms with Crippen molar-refractivity contribution in [2.45, 2.75) is 154 Å². The number of unbranched alkanes of at least 4 members (excludes halogenated alkanes) is 7. The smallest absolute Gasteiger partial charge is 0.462 e. The molecule has 0 aromatic rings. The van der Waals surface area contributed by atoms with Gasteiger partial charge in [-0.3, -0.25) is 23.2 Å². The molecule has 0 saturated carbocycles. The van der Waals surface area contributed by atoms with Crippen molar-refractivity contribution in [2.75, 3.05) is 26.4 Å². The molecule has 0 aliphatic rings. The number of rotatable bonds is 41. The summed E-state index contributed by atoms with van der Waals surface area (Å²) in [7, 11) is -9.74. The van der Waals surface area contributed by atoms with Crippen molar-refractivity contribution in [1.29, 1.82) is 0 Å². The zero-order valence-corrected chi connectivity index (χ0v) is 40.0. The first-order valence-electron chi connectivity index (χ1n) is 22.7. The van der Waals surface area contributed by atoms with Crippen molar-refractivity contribution in [3.8, 4) is 0 Å². The molecule has 364 valence electrons. The van der Waals surface area contributed by atoms with Gasteiger partial charge in [0.2, 0.25) is 0 Å². The van der Waals surface area contributed by atoms with E-state index in [4.69, 9.17) is 23.8 Å². The van der Waals surface area contributed by atoms with Crippen molar-refractivity contribution in [3.63, 3.8) is 0 Å². The molecule has 0 aromatic heterocycles. The maximum absolute atomic E-state index is 12.7. The molecule has 16 heteroatoms. The molecular weight excluding hydrogens is 862 g/mol. The van der Waals surface area contributed by atoms with Gasteiger partial charge < -0.3 is 34.4 Å². The zero-order valence-electron chi connectivity index (χ0n) is 38.2. The Hall–Kier alpha value is -3.26. The van der Waals surface area contributed by atoms with E-state index in [1.54, 1.807) is 6.08 Å². The van der Waals surface area contributed by atoms with E-state index in [1.165, 1.54) is 19.3 Å². The van der Waals surface area contributed by atoms with Crippen molar-refractivity contribution in [1.82, 2.24) is 0 Å². The first-order chi connectivity index (χ1) is 30.8. The Labute approximate surface area is 383 Å². The number of carbonyl (C=O) groups excluding carboxylic acids is 2. The summed E-state index contributed by atoms with van der Waals surface area (Å²) < 4.78 is 47.7. The molecule has 0 spiro atoms. The Morgan fingerprint density at radius 1 is 0.531 bits per heavy atom. The fourth-order valence-corrected chi connectivity index (χ4v) is 6.42. The van der Waals surface area contributed by atoms with E-state index in [2.05, 4.69) is 89.7 Å². The number of aliphatic hydroxyl groups is 2. The normalized spacial score (nSPS) is 15.4. The van der Waals surface area contributed by atoms with Gasteiger partial charge in [0, 0.05) is 12.8 Å². The highest BCUT2D eigenvalue weighted by atomic mass is 31.2. The second-order valence-electron chi connectivity index (χ2n) is 14.8. The molecule has 0 fully saturated rings. The van der Waals surface area contributed by atoms with Gasteiger partial charge in [-0.2, -0.15) is 0 Å². The van der Waals surface area contributed by atoms with Crippen LogP contribution in [0.5, 0.6) is 0 Å². The summed E-state index contributed by atoms with van der Waals surface area (Å²) in [6.07, 6.45) is 48.2. The molecular formula is C48H78O14P2. The summed E-state index contributed by atoms with van der Waals surface area (Å²) in [6.45, 7) is 1.41. The predicted octanol–water partition coefficient (Wildman–Crippen LogP) is 10.9. The van der Waals surface area contributed by atoms with E-state index in [-0.39, 0.29) is 12.8 Å². The minimum atomic E-state index is -4.89. The van der Waals surface area contributed by atoms with E-state index in [0.29, 0.717) is 32.1 Å². The van der Waals surface area contributed by atoms with Crippen LogP contribution in [0.4, 0.5) is 0 Å². The topological polar surface area (TPSA) is 216 Å². The first-order valence-corrected chi connectivity index (χ1v) is 25.7. The van der Waals surface area contributed by atoms with Gasteiger partial charge in [-0.15, -0.1) is 0 Å². The van der Waals surface area contributed by atoms with E-state index in [0.717, 1.165) is 57.8 Å². The Kier molecular flexibility index (Phi) is 40.2. The van der Waals surface area contributed by atoms with Crippen LogP contribution in [0.25, 0.3) is 0 Å². The quantitative estimate of drug-likeness (QED) is 0.0127. The van der Waals surface area contributed by atoms with Crippen LogP contribution in [0, 0.1) is 0 Å². The van der Waals surface area contributed by atoms with Gasteiger partial charge in [0.1, 0.15) is 12.7 Å². The highest BCUT2D eigenvalue weighted by molar-refractivity contribution is 7.47. The zero-order chi connectivity index (χ0) is 47.4. The third-order valence-electron chi connectivity index (χ3n) is 8.72.